The number of carbonyl (C=O) groups excluding carboxylic acids is 1. The van der Waals surface area contributed by atoms with Crippen LogP contribution in [0, 0.1) is 15.5 Å². The lowest BCUT2D eigenvalue weighted by molar-refractivity contribution is -0.389. The number of nitrogens with zero attached hydrogens (tertiary/aromatic N) is 2. The normalized spacial score (nSPS) is 20.5. The van der Waals surface area contributed by atoms with Crippen LogP contribution in [0.1, 0.15) is 36.2 Å². The summed E-state index contributed by atoms with van der Waals surface area (Å²) in [7, 11) is 0. The molecule has 2 aliphatic rings. The van der Waals surface area contributed by atoms with Gasteiger partial charge < -0.3 is 20.3 Å². The minimum atomic E-state index is -0.517. The molecule has 22 heavy (non-hydrogen) atoms. The molecule has 1 amide bonds. The SMILES string of the molecule is Cl.O=C(c1ccc([N+](=O)[O-])[nH]1)N1CCC2(CCNCC2)CC1. The van der Waals surface area contributed by atoms with Crippen molar-refractivity contribution < 1.29 is 9.72 Å². The summed E-state index contributed by atoms with van der Waals surface area (Å²) in [6.45, 7) is 3.62. The minimum Gasteiger partial charge on any atom is -0.358 e. The Labute approximate surface area is 135 Å². The smallest absolute Gasteiger partial charge is 0.321 e. The number of hydrogen-bond acceptors (Lipinski definition) is 4. The van der Waals surface area contributed by atoms with Crippen molar-refractivity contribution in [1.29, 1.82) is 0 Å². The van der Waals surface area contributed by atoms with Crippen molar-refractivity contribution in [2.45, 2.75) is 25.7 Å². The van der Waals surface area contributed by atoms with E-state index in [9.17, 15) is 14.9 Å². The van der Waals surface area contributed by atoms with Crippen molar-refractivity contribution in [3.63, 3.8) is 0 Å². The van der Waals surface area contributed by atoms with Crippen LogP contribution in [0.15, 0.2) is 12.1 Å². The molecule has 7 nitrogen and oxygen atoms in total. The molecule has 0 aromatic carbocycles. The van der Waals surface area contributed by atoms with E-state index in [1.54, 1.807) is 0 Å². The van der Waals surface area contributed by atoms with Gasteiger partial charge >= 0.3 is 5.82 Å². The summed E-state index contributed by atoms with van der Waals surface area (Å²) >= 11 is 0. The number of halogens is 1. The predicted molar refractivity (Wildman–Crippen MR) is 84.4 cm³/mol. The molecular weight excluding hydrogens is 308 g/mol. The van der Waals surface area contributed by atoms with Crippen molar-refractivity contribution in [2.24, 2.45) is 5.41 Å². The number of likely N-dealkylation sites (tertiary alicyclic amines) is 1. The van der Waals surface area contributed by atoms with Gasteiger partial charge in [-0.25, -0.2) is 4.98 Å². The standard InChI is InChI=1S/C14H20N4O3.ClH/c19-13(11-1-2-12(16-11)18(20)21)17-9-5-14(6-10-17)3-7-15-8-4-14;/h1-2,15-16H,3-10H2;1H. The average Bonchev–Trinajstić information content (AvgIpc) is 2.98. The second-order valence-corrected chi connectivity index (χ2v) is 6.06. The molecule has 0 saturated carbocycles. The quantitative estimate of drug-likeness (QED) is 0.641. The van der Waals surface area contributed by atoms with E-state index in [1.807, 2.05) is 4.90 Å². The molecule has 2 aliphatic heterocycles. The summed E-state index contributed by atoms with van der Waals surface area (Å²) in [4.78, 5) is 26.9. The summed E-state index contributed by atoms with van der Waals surface area (Å²) < 4.78 is 0. The van der Waals surface area contributed by atoms with Gasteiger partial charge in [-0.3, -0.25) is 4.79 Å². The van der Waals surface area contributed by atoms with E-state index in [1.165, 1.54) is 25.0 Å². The van der Waals surface area contributed by atoms with E-state index >= 15 is 0 Å². The third-order valence-electron chi connectivity index (χ3n) is 4.87. The van der Waals surface area contributed by atoms with Crippen LogP contribution in [0.5, 0.6) is 0 Å². The summed E-state index contributed by atoms with van der Waals surface area (Å²) in [6.07, 6.45) is 4.43. The monoisotopic (exact) mass is 328 g/mol. The van der Waals surface area contributed by atoms with Crippen molar-refractivity contribution in [3.05, 3.63) is 27.9 Å². The highest BCUT2D eigenvalue weighted by atomic mass is 35.5. The zero-order valence-corrected chi connectivity index (χ0v) is 13.2. The predicted octanol–water partition coefficient (Wildman–Crippen LogP) is 1.95. The lowest BCUT2D eigenvalue weighted by Crippen LogP contribution is -2.47. The molecule has 0 unspecified atom stereocenters. The van der Waals surface area contributed by atoms with Gasteiger partial charge in [0.2, 0.25) is 0 Å². The van der Waals surface area contributed by atoms with Gasteiger partial charge in [-0.1, -0.05) is 0 Å². The summed E-state index contributed by atoms with van der Waals surface area (Å²) in [6, 6.07) is 2.83. The molecule has 122 valence electrons. The van der Waals surface area contributed by atoms with Gasteiger partial charge in [0.05, 0.1) is 0 Å². The number of aromatic nitrogens is 1. The lowest BCUT2D eigenvalue weighted by atomic mass is 9.71. The van der Waals surface area contributed by atoms with Crippen LogP contribution in [0.25, 0.3) is 0 Å². The largest absolute Gasteiger partial charge is 0.358 e. The summed E-state index contributed by atoms with van der Waals surface area (Å²) in [5, 5.41) is 14.0. The Bertz CT molecular complexity index is 544. The maximum absolute atomic E-state index is 12.4. The van der Waals surface area contributed by atoms with Gasteiger partial charge in [0, 0.05) is 19.2 Å². The van der Waals surface area contributed by atoms with Gasteiger partial charge in [0.1, 0.15) is 0 Å². The molecule has 8 heteroatoms. The highest BCUT2D eigenvalue weighted by molar-refractivity contribution is 5.93. The van der Waals surface area contributed by atoms with Gasteiger partial charge in [-0.2, -0.15) is 0 Å². The van der Waals surface area contributed by atoms with Crippen LogP contribution in [0.2, 0.25) is 0 Å². The number of H-pyrrole nitrogens is 1. The fraction of sp³-hybridized carbons (Fsp3) is 0.643. The lowest BCUT2D eigenvalue weighted by Gasteiger charge is -2.44. The number of carbonyl (C=O) groups is 1. The molecule has 1 spiro atoms. The Kier molecular flexibility index (Phi) is 5.08. The summed E-state index contributed by atoms with van der Waals surface area (Å²) in [5.74, 6) is -0.267. The van der Waals surface area contributed by atoms with Crippen LogP contribution in [-0.4, -0.2) is 46.9 Å². The maximum atomic E-state index is 12.4. The van der Waals surface area contributed by atoms with Crippen LogP contribution in [0.3, 0.4) is 0 Å². The Morgan fingerprint density at radius 2 is 1.82 bits per heavy atom. The second kappa shape index (κ2) is 6.66. The number of nitro groups is 1. The molecular formula is C14H21ClN4O3. The van der Waals surface area contributed by atoms with Gasteiger partial charge in [-0.15, -0.1) is 12.4 Å². The molecule has 3 rings (SSSR count). The molecule has 1 aromatic heterocycles. The number of hydrogen-bond donors (Lipinski definition) is 2. The Hall–Kier alpha value is -1.60. The Balaban J connectivity index is 0.00000176. The minimum absolute atomic E-state index is 0. The van der Waals surface area contributed by atoms with Crippen LogP contribution in [-0.2, 0) is 0 Å². The number of amides is 1. The second-order valence-electron chi connectivity index (χ2n) is 6.06. The molecule has 0 atom stereocenters. The molecule has 3 heterocycles. The molecule has 2 fully saturated rings. The zero-order chi connectivity index (χ0) is 14.9. The van der Waals surface area contributed by atoms with E-state index in [0.29, 0.717) is 11.1 Å². The van der Waals surface area contributed by atoms with Crippen molar-refractivity contribution in [1.82, 2.24) is 15.2 Å². The zero-order valence-electron chi connectivity index (χ0n) is 12.3. The number of nitrogens with one attached hydrogen (secondary N) is 2. The van der Waals surface area contributed by atoms with E-state index < -0.39 is 4.92 Å². The Morgan fingerprint density at radius 1 is 1.18 bits per heavy atom. The van der Waals surface area contributed by atoms with Crippen LogP contribution in [0.4, 0.5) is 5.82 Å². The van der Waals surface area contributed by atoms with Crippen molar-refractivity contribution in [3.8, 4) is 0 Å². The van der Waals surface area contributed by atoms with Crippen molar-refractivity contribution >= 4 is 24.1 Å². The van der Waals surface area contributed by atoms with E-state index in [0.717, 1.165) is 39.0 Å². The third kappa shape index (κ3) is 3.25. The summed E-state index contributed by atoms with van der Waals surface area (Å²) in [5.41, 5.74) is 0.701. The third-order valence-corrected chi connectivity index (χ3v) is 4.87. The van der Waals surface area contributed by atoms with Gasteiger partial charge in [0.25, 0.3) is 5.91 Å². The highest BCUT2D eigenvalue weighted by Crippen LogP contribution is 2.39. The first-order chi connectivity index (χ1) is 10.1. The Morgan fingerprint density at radius 3 is 2.36 bits per heavy atom. The number of rotatable bonds is 2. The molecule has 0 radical (unpaired) electrons. The average molecular weight is 329 g/mol. The molecule has 1 aromatic rings. The topological polar surface area (TPSA) is 91.3 Å². The van der Waals surface area contributed by atoms with E-state index in [-0.39, 0.29) is 24.1 Å². The first-order valence-electron chi connectivity index (χ1n) is 7.43. The van der Waals surface area contributed by atoms with E-state index in [2.05, 4.69) is 10.3 Å². The first-order valence-corrected chi connectivity index (χ1v) is 7.43. The molecule has 2 N–H and O–H groups in total. The fourth-order valence-electron chi connectivity index (χ4n) is 3.43. The fourth-order valence-corrected chi connectivity index (χ4v) is 3.43. The van der Waals surface area contributed by atoms with Crippen LogP contribution < -0.4 is 5.32 Å². The highest BCUT2D eigenvalue weighted by Gasteiger charge is 2.37. The van der Waals surface area contributed by atoms with Gasteiger partial charge in [-0.05, 0) is 55.2 Å². The number of piperidine rings is 2. The molecule has 2 saturated heterocycles. The molecule has 0 aliphatic carbocycles. The maximum Gasteiger partial charge on any atom is 0.321 e. The first kappa shape index (κ1) is 16.8. The van der Waals surface area contributed by atoms with E-state index in [4.69, 9.17) is 0 Å². The van der Waals surface area contributed by atoms with Crippen LogP contribution >= 0.6 is 12.4 Å². The number of aromatic amines is 1. The molecule has 0 bridgehead atoms. The van der Waals surface area contributed by atoms with Gasteiger partial charge in [0.15, 0.2) is 5.69 Å². The van der Waals surface area contributed by atoms with Crippen molar-refractivity contribution in [2.75, 3.05) is 26.2 Å².